The first-order chi connectivity index (χ1) is 16.9. The molecule has 1 aliphatic rings. The molecule has 0 heterocycles. The molecule has 0 saturated heterocycles. The van der Waals surface area contributed by atoms with Crippen LogP contribution in [0.15, 0.2) is 23.8 Å². The largest absolute Gasteiger partial charge is 0.493 e. The van der Waals surface area contributed by atoms with Crippen molar-refractivity contribution in [3.63, 3.8) is 0 Å². The van der Waals surface area contributed by atoms with Crippen LogP contribution < -0.4 is 14.8 Å². The third kappa shape index (κ3) is 7.78. The van der Waals surface area contributed by atoms with E-state index in [1.807, 2.05) is 22.6 Å². The average molecular weight is 630 g/mol. The van der Waals surface area contributed by atoms with Gasteiger partial charge in [-0.3, -0.25) is 14.4 Å². The van der Waals surface area contributed by atoms with Crippen LogP contribution in [0.4, 0.5) is 13.2 Å². The number of amides is 2. The number of benzene rings is 1. The second-order valence-corrected chi connectivity index (χ2v) is 8.90. The molecule has 0 bridgehead atoms. The molecule has 3 unspecified atom stereocenters. The number of hydrogen-bond acceptors (Lipinski definition) is 8. The van der Waals surface area contributed by atoms with Gasteiger partial charge in [-0.25, -0.2) is 0 Å². The Labute approximate surface area is 218 Å². The first-order valence-electron chi connectivity index (χ1n) is 10.6. The average Bonchev–Trinajstić information content (AvgIpc) is 2.82. The number of halogens is 4. The SMILES string of the molecule is COCC(=O)N(CC(F)(F)F)C1CC(C(=O)NCCO)=CC(Oc2c(I)cc(C=O)cc2OC)C1O. The van der Waals surface area contributed by atoms with Crippen molar-refractivity contribution < 1.29 is 52.0 Å². The minimum absolute atomic E-state index is 0.0559. The first-order valence-corrected chi connectivity index (χ1v) is 11.7. The van der Waals surface area contributed by atoms with E-state index >= 15 is 0 Å². The molecular weight excluding hydrogens is 604 g/mol. The summed E-state index contributed by atoms with van der Waals surface area (Å²) in [5.41, 5.74) is 0.214. The van der Waals surface area contributed by atoms with E-state index in [9.17, 15) is 32.7 Å². The normalized spacial score (nSPS) is 19.8. The lowest BCUT2D eigenvalue weighted by Crippen LogP contribution is -2.57. The van der Waals surface area contributed by atoms with Crippen LogP contribution in [0.1, 0.15) is 16.8 Å². The zero-order valence-corrected chi connectivity index (χ0v) is 21.5. The van der Waals surface area contributed by atoms with Gasteiger partial charge in [0, 0.05) is 31.2 Å². The summed E-state index contributed by atoms with van der Waals surface area (Å²) in [6.45, 7) is -2.87. The number of methoxy groups -OCH3 is 2. The third-order valence-electron chi connectivity index (χ3n) is 5.19. The van der Waals surface area contributed by atoms with Crippen LogP contribution in [-0.4, -0.2) is 98.2 Å². The number of alkyl halides is 3. The number of ether oxygens (including phenoxy) is 3. The van der Waals surface area contributed by atoms with E-state index in [4.69, 9.17) is 19.3 Å². The van der Waals surface area contributed by atoms with Crippen molar-refractivity contribution in [3.05, 3.63) is 32.9 Å². The molecule has 2 rings (SSSR count). The number of carbonyl (C=O) groups excluding carboxylic acids is 3. The van der Waals surface area contributed by atoms with Gasteiger partial charge in [-0.15, -0.1) is 0 Å². The van der Waals surface area contributed by atoms with E-state index in [0.29, 0.717) is 14.8 Å². The number of aliphatic hydroxyl groups excluding tert-OH is 2. The van der Waals surface area contributed by atoms with Crippen LogP contribution in [0.2, 0.25) is 0 Å². The first kappa shape index (κ1) is 29.8. The summed E-state index contributed by atoms with van der Waals surface area (Å²) in [6.07, 6.45) is -6.46. The lowest BCUT2D eigenvalue weighted by Gasteiger charge is -2.40. The Morgan fingerprint density at radius 2 is 2.00 bits per heavy atom. The molecule has 0 aromatic heterocycles. The number of hydrogen-bond donors (Lipinski definition) is 3. The number of carbonyl (C=O) groups is 3. The predicted molar refractivity (Wildman–Crippen MR) is 128 cm³/mol. The van der Waals surface area contributed by atoms with Crippen LogP contribution in [0.3, 0.4) is 0 Å². The molecule has 0 spiro atoms. The number of nitrogens with zero attached hydrogens (tertiary/aromatic N) is 1. The molecule has 3 atom stereocenters. The maximum Gasteiger partial charge on any atom is 0.406 e. The monoisotopic (exact) mass is 630 g/mol. The van der Waals surface area contributed by atoms with Gasteiger partial charge >= 0.3 is 6.18 Å². The van der Waals surface area contributed by atoms with E-state index in [2.05, 4.69) is 5.32 Å². The Morgan fingerprint density at radius 1 is 1.31 bits per heavy atom. The lowest BCUT2D eigenvalue weighted by atomic mass is 9.88. The van der Waals surface area contributed by atoms with Crippen molar-refractivity contribution in [3.8, 4) is 11.5 Å². The number of aldehydes is 1. The Balaban J connectivity index is 2.53. The summed E-state index contributed by atoms with van der Waals surface area (Å²) in [7, 11) is 2.45. The van der Waals surface area contributed by atoms with Gasteiger partial charge in [-0.2, -0.15) is 13.2 Å². The highest BCUT2D eigenvalue weighted by atomic mass is 127. The molecule has 0 radical (unpaired) electrons. The van der Waals surface area contributed by atoms with Gasteiger partial charge in [0.1, 0.15) is 31.6 Å². The van der Waals surface area contributed by atoms with E-state index in [1.54, 1.807) is 0 Å². The van der Waals surface area contributed by atoms with Crippen molar-refractivity contribution in [2.75, 3.05) is 40.5 Å². The van der Waals surface area contributed by atoms with Gasteiger partial charge in [0.15, 0.2) is 11.5 Å². The fourth-order valence-corrected chi connectivity index (χ4v) is 4.38. The van der Waals surface area contributed by atoms with Crippen molar-refractivity contribution in [2.45, 2.75) is 30.8 Å². The van der Waals surface area contributed by atoms with Gasteiger partial charge in [0.2, 0.25) is 11.8 Å². The van der Waals surface area contributed by atoms with Gasteiger partial charge in [-0.05, 0) is 40.8 Å². The maximum atomic E-state index is 13.4. The molecule has 200 valence electrons. The summed E-state index contributed by atoms with van der Waals surface area (Å²) in [6, 6.07) is 1.33. The molecule has 0 fully saturated rings. The predicted octanol–water partition coefficient (Wildman–Crippen LogP) is 1.07. The molecule has 36 heavy (non-hydrogen) atoms. The maximum absolute atomic E-state index is 13.4. The minimum Gasteiger partial charge on any atom is -0.493 e. The zero-order chi connectivity index (χ0) is 27.0. The molecule has 0 saturated carbocycles. The van der Waals surface area contributed by atoms with E-state index in [-0.39, 0.29) is 35.8 Å². The standard InChI is InChI=1S/C22H26F3IN2O8/c1-34-10-18(31)28(11-22(23,24)25)15-7-13(21(33)27-3-4-29)8-16(19(15)32)36-20-14(26)5-12(9-30)6-17(20)35-2/h5-6,8-9,15-16,19,29,32H,3-4,7,10-11H2,1-2H3,(H,27,33). The summed E-state index contributed by atoms with van der Waals surface area (Å²) in [5, 5.41) is 22.5. The van der Waals surface area contributed by atoms with Crippen molar-refractivity contribution >= 4 is 40.7 Å². The summed E-state index contributed by atoms with van der Waals surface area (Å²) in [5.74, 6) is -1.57. The number of aliphatic hydroxyl groups is 2. The minimum atomic E-state index is -4.80. The topological polar surface area (TPSA) is 135 Å². The second-order valence-electron chi connectivity index (χ2n) is 7.74. The molecule has 2 amide bonds. The fourth-order valence-electron chi connectivity index (χ4n) is 3.63. The highest BCUT2D eigenvalue weighted by Gasteiger charge is 2.44. The zero-order valence-electron chi connectivity index (χ0n) is 19.4. The fraction of sp³-hybridized carbons (Fsp3) is 0.500. The molecule has 14 heteroatoms. The number of nitrogens with one attached hydrogen (secondary N) is 1. The Bertz CT molecular complexity index is 989. The molecule has 0 aliphatic heterocycles. The van der Waals surface area contributed by atoms with Crippen LogP contribution in [-0.2, 0) is 14.3 Å². The van der Waals surface area contributed by atoms with Crippen LogP contribution in [0, 0.1) is 3.57 Å². The molecule has 1 aromatic rings. The number of rotatable bonds is 11. The van der Waals surface area contributed by atoms with Crippen molar-refractivity contribution in [1.82, 2.24) is 10.2 Å². The summed E-state index contributed by atoms with van der Waals surface area (Å²) >= 11 is 1.85. The molecule has 3 N–H and O–H groups in total. The van der Waals surface area contributed by atoms with Crippen molar-refractivity contribution in [2.24, 2.45) is 0 Å². The highest BCUT2D eigenvalue weighted by Crippen LogP contribution is 2.37. The molecule has 1 aliphatic carbocycles. The quantitative estimate of drug-likeness (QED) is 0.244. The highest BCUT2D eigenvalue weighted by molar-refractivity contribution is 14.1. The third-order valence-corrected chi connectivity index (χ3v) is 6.00. The van der Waals surface area contributed by atoms with Gasteiger partial charge in [0.05, 0.1) is 23.3 Å². The van der Waals surface area contributed by atoms with Crippen LogP contribution >= 0.6 is 22.6 Å². The molecule has 10 nitrogen and oxygen atoms in total. The molecule has 1 aromatic carbocycles. The van der Waals surface area contributed by atoms with Gasteiger partial charge in [-0.1, -0.05) is 0 Å². The Hall–Kier alpha value is -2.43. The van der Waals surface area contributed by atoms with Crippen LogP contribution in [0.25, 0.3) is 0 Å². The lowest BCUT2D eigenvalue weighted by molar-refractivity contribution is -0.174. The van der Waals surface area contributed by atoms with E-state index in [1.165, 1.54) is 25.3 Å². The smallest absolute Gasteiger partial charge is 0.406 e. The second kappa shape index (κ2) is 13.2. The van der Waals surface area contributed by atoms with Gasteiger partial charge in [0.25, 0.3) is 0 Å². The Kier molecular flexibility index (Phi) is 10.9. The summed E-state index contributed by atoms with van der Waals surface area (Å²) in [4.78, 5) is 36.8. The molecular formula is C22H26F3IN2O8. The van der Waals surface area contributed by atoms with Crippen molar-refractivity contribution in [1.29, 1.82) is 0 Å². The van der Waals surface area contributed by atoms with E-state index in [0.717, 1.165) is 7.11 Å². The summed E-state index contributed by atoms with van der Waals surface area (Å²) < 4.78 is 56.3. The Morgan fingerprint density at radius 3 is 2.56 bits per heavy atom. The van der Waals surface area contributed by atoms with Crippen LogP contribution in [0.5, 0.6) is 11.5 Å². The van der Waals surface area contributed by atoms with Gasteiger partial charge < -0.3 is 34.6 Å². The van der Waals surface area contributed by atoms with E-state index < -0.39 is 55.8 Å².